The molecule has 1 aromatic carbocycles. The Bertz CT molecular complexity index is 756. The van der Waals surface area contributed by atoms with Crippen molar-refractivity contribution in [1.29, 1.82) is 0 Å². The summed E-state index contributed by atoms with van der Waals surface area (Å²) in [6, 6.07) is 7.51. The molecular formula is C13H14N6O2S. The van der Waals surface area contributed by atoms with Gasteiger partial charge in [0.2, 0.25) is 16.9 Å². The van der Waals surface area contributed by atoms with E-state index in [1.54, 1.807) is 11.8 Å². The highest BCUT2D eigenvalue weighted by Crippen LogP contribution is 2.23. The van der Waals surface area contributed by atoms with E-state index < -0.39 is 0 Å². The quantitative estimate of drug-likeness (QED) is 0.638. The molecule has 0 fully saturated rings. The maximum atomic E-state index is 5.26. The predicted molar refractivity (Wildman–Crippen MR) is 79.3 cm³/mol. The number of thioether (sulfide) groups is 1. The fraction of sp³-hybridized carbons (Fsp3) is 0.308. The van der Waals surface area contributed by atoms with Crippen molar-refractivity contribution in [2.24, 2.45) is 0 Å². The molecule has 9 heteroatoms. The Balaban J connectivity index is 1.71. The van der Waals surface area contributed by atoms with Gasteiger partial charge < -0.3 is 9.26 Å². The second-order valence-electron chi connectivity index (χ2n) is 4.31. The van der Waals surface area contributed by atoms with Crippen LogP contribution in [0.25, 0.3) is 11.4 Å². The highest BCUT2D eigenvalue weighted by molar-refractivity contribution is 7.98. The molecule has 22 heavy (non-hydrogen) atoms. The van der Waals surface area contributed by atoms with Crippen molar-refractivity contribution in [3.63, 3.8) is 0 Å². The zero-order valence-corrected chi connectivity index (χ0v) is 12.9. The van der Waals surface area contributed by atoms with Crippen molar-refractivity contribution in [3.8, 4) is 17.1 Å². The van der Waals surface area contributed by atoms with Crippen molar-refractivity contribution in [1.82, 2.24) is 30.3 Å². The van der Waals surface area contributed by atoms with E-state index in [1.165, 1.54) is 11.8 Å². The summed E-state index contributed by atoms with van der Waals surface area (Å²) in [5.74, 6) is 2.32. The molecule has 3 aromatic rings. The van der Waals surface area contributed by atoms with E-state index in [1.807, 2.05) is 31.2 Å². The maximum absolute atomic E-state index is 5.26. The van der Waals surface area contributed by atoms with E-state index in [4.69, 9.17) is 9.26 Å². The molecule has 0 amide bonds. The number of ether oxygens (including phenoxy) is 1. The second kappa shape index (κ2) is 6.56. The average molecular weight is 318 g/mol. The lowest BCUT2D eigenvalue weighted by atomic mass is 10.2. The second-order valence-corrected chi connectivity index (χ2v) is 5.25. The molecule has 8 nitrogen and oxygen atoms in total. The summed E-state index contributed by atoms with van der Waals surface area (Å²) >= 11 is 1.45. The summed E-state index contributed by atoms with van der Waals surface area (Å²) < 4.78 is 12.2. The van der Waals surface area contributed by atoms with Crippen LogP contribution in [0.5, 0.6) is 5.75 Å². The van der Waals surface area contributed by atoms with Gasteiger partial charge in [0.1, 0.15) is 5.75 Å². The summed E-state index contributed by atoms with van der Waals surface area (Å²) in [7, 11) is 1.62. The molecule has 0 radical (unpaired) electrons. The molecule has 0 N–H and O–H groups in total. The first-order valence-electron chi connectivity index (χ1n) is 6.66. The number of rotatable bonds is 6. The van der Waals surface area contributed by atoms with Gasteiger partial charge in [-0.1, -0.05) is 29.1 Å². The van der Waals surface area contributed by atoms with Gasteiger partial charge in [0, 0.05) is 12.1 Å². The maximum Gasteiger partial charge on any atom is 0.237 e. The van der Waals surface area contributed by atoms with E-state index in [0.29, 0.717) is 24.0 Å². The molecule has 0 aliphatic rings. The SMILES string of the molecule is CCn1nnnc1SCc1nc(-c2cccc(OC)c2)no1. The largest absolute Gasteiger partial charge is 0.497 e. The molecule has 0 spiro atoms. The molecule has 0 bridgehead atoms. The first-order chi connectivity index (χ1) is 10.8. The van der Waals surface area contributed by atoms with E-state index in [-0.39, 0.29) is 0 Å². The van der Waals surface area contributed by atoms with Crippen LogP contribution in [-0.2, 0) is 12.3 Å². The van der Waals surface area contributed by atoms with Crippen LogP contribution in [0.15, 0.2) is 33.9 Å². The van der Waals surface area contributed by atoms with Crippen molar-refractivity contribution >= 4 is 11.8 Å². The van der Waals surface area contributed by atoms with Crippen molar-refractivity contribution < 1.29 is 9.26 Å². The van der Waals surface area contributed by atoms with Gasteiger partial charge in [-0.25, -0.2) is 4.68 Å². The smallest absolute Gasteiger partial charge is 0.237 e. The summed E-state index contributed by atoms with van der Waals surface area (Å²) in [5.41, 5.74) is 0.845. The summed E-state index contributed by atoms with van der Waals surface area (Å²) in [5, 5.41) is 16.2. The Morgan fingerprint density at radius 2 is 2.27 bits per heavy atom. The van der Waals surface area contributed by atoms with Crippen LogP contribution >= 0.6 is 11.8 Å². The minimum absolute atomic E-state index is 0.511. The minimum atomic E-state index is 0.511. The van der Waals surface area contributed by atoms with Crippen LogP contribution in [0.4, 0.5) is 0 Å². The highest BCUT2D eigenvalue weighted by atomic mass is 32.2. The molecule has 2 heterocycles. The Hall–Kier alpha value is -2.42. The number of aryl methyl sites for hydroxylation is 1. The summed E-state index contributed by atoms with van der Waals surface area (Å²) in [4.78, 5) is 4.38. The Morgan fingerprint density at radius 1 is 1.36 bits per heavy atom. The molecule has 0 unspecified atom stereocenters. The normalized spacial score (nSPS) is 10.8. The Morgan fingerprint density at radius 3 is 3.09 bits per heavy atom. The van der Waals surface area contributed by atoms with Gasteiger partial charge in [-0.05, 0) is 29.5 Å². The molecule has 3 rings (SSSR count). The van der Waals surface area contributed by atoms with E-state index in [9.17, 15) is 0 Å². The molecule has 0 atom stereocenters. The van der Waals surface area contributed by atoms with Gasteiger partial charge in [-0.2, -0.15) is 4.98 Å². The van der Waals surface area contributed by atoms with Crippen molar-refractivity contribution in [2.75, 3.05) is 7.11 Å². The van der Waals surface area contributed by atoms with Gasteiger partial charge >= 0.3 is 0 Å². The van der Waals surface area contributed by atoms with E-state index in [2.05, 4.69) is 25.7 Å². The molecule has 0 aliphatic carbocycles. The molecule has 0 saturated carbocycles. The fourth-order valence-electron chi connectivity index (χ4n) is 1.82. The number of tetrazole rings is 1. The lowest BCUT2D eigenvalue weighted by Gasteiger charge is -1.99. The number of benzene rings is 1. The van der Waals surface area contributed by atoms with Crippen LogP contribution in [-0.4, -0.2) is 37.5 Å². The standard InChI is InChI=1S/C13H14N6O2S/c1-3-19-13(15-17-18-19)22-8-11-14-12(16-21-11)9-5-4-6-10(7-9)20-2/h4-7H,3,8H2,1-2H3. The van der Waals surface area contributed by atoms with Crippen molar-refractivity contribution in [2.45, 2.75) is 24.4 Å². The van der Waals surface area contributed by atoms with Crippen LogP contribution in [0.2, 0.25) is 0 Å². The molecule has 2 aromatic heterocycles. The number of aromatic nitrogens is 6. The third-order valence-corrected chi connectivity index (χ3v) is 3.86. The van der Waals surface area contributed by atoms with Crippen molar-refractivity contribution in [3.05, 3.63) is 30.2 Å². The first kappa shape index (κ1) is 14.5. The van der Waals surface area contributed by atoms with Gasteiger partial charge in [0.25, 0.3) is 0 Å². The fourth-order valence-corrected chi connectivity index (χ4v) is 2.60. The van der Waals surface area contributed by atoms with Crippen LogP contribution in [0, 0.1) is 0 Å². The third-order valence-electron chi connectivity index (χ3n) is 2.92. The first-order valence-corrected chi connectivity index (χ1v) is 7.64. The zero-order valence-electron chi connectivity index (χ0n) is 12.1. The average Bonchev–Trinajstić information content (AvgIpc) is 3.21. The lowest BCUT2D eigenvalue weighted by molar-refractivity contribution is 0.391. The number of hydrogen-bond acceptors (Lipinski definition) is 8. The van der Waals surface area contributed by atoms with Gasteiger partial charge in [-0.15, -0.1) is 5.10 Å². The Labute approximate surface area is 130 Å². The summed E-state index contributed by atoms with van der Waals surface area (Å²) in [6.07, 6.45) is 0. The van der Waals surface area contributed by atoms with E-state index >= 15 is 0 Å². The van der Waals surface area contributed by atoms with E-state index in [0.717, 1.165) is 16.5 Å². The van der Waals surface area contributed by atoms with Gasteiger partial charge in [-0.3, -0.25) is 0 Å². The Kier molecular flexibility index (Phi) is 4.33. The van der Waals surface area contributed by atoms with Crippen LogP contribution in [0.1, 0.15) is 12.8 Å². The molecular weight excluding hydrogens is 304 g/mol. The molecule has 114 valence electrons. The summed E-state index contributed by atoms with van der Waals surface area (Å²) in [6.45, 7) is 2.70. The van der Waals surface area contributed by atoms with Gasteiger partial charge in [0.15, 0.2) is 0 Å². The number of nitrogens with zero attached hydrogens (tertiary/aromatic N) is 6. The molecule has 0 aliphatic heterocycles. The highest BCUT2D eigenvalue weighted by Gasteiger charge is 2.12. The minimum Gasteiger partial charge on any atom is -0.497 e. The third kappa shape index (κ3) is 3.08. The monoisotopic (exact) mass is 318 g/mol. The van der Waals surface area contributed by atoms with Gasteiger partial charge in [0.05, 0.1) is 12.9 Å². The number of methoxy groups -OCH3 is 1. The van der Waals surface area contributed by atoms with Crippen LogP contribution in [0.3, 0.4) is 0 Å². The zero-order chi connectivity index (χ0) is 15.4. The number of hydrogen-bond donors (Lipinski definition) is 0. The molecule has 0 saturated heterocycles. The lowest BCUT2D eigenvalue weighted by Crippen LogP contribution is -1.98. The van der Waals surface area contributed by atoms with Crippen LogP contribution < -0.4 is 4.74 Å². The predicted octanol–water partition coefficient (Wildman–Crippen LogP) is 2.04. The topological polar surface area (TPSA) is 91.8 Å².